The van der Waals surface area contributed by atoms with Gasteiger partial charge < -0.3 is 0 Å². The highest BCUT2D eigenvalue weighted by Gasteiger charge is 2.35. The first-order valence-corrected chi connectivity index (χ1v) is 9.29. The third kappa shape index (κ3) is 3.26. The Kier molecular flexibility index (Phi) is 4.53. The monoisotopic (exact) mass is 379 g/mol. The Morgan fingerprint density at radius 2 is 1.65 bits per heavy atom. The van der Waals surface area contributed by atoms with Gasteiger partial charge in [0, 0.05) is 5.02 Å². The zero-order chi connectivity index (χ0) is 18.1. The van der Waals surface area contributed by atoms with Crippen molar-refractivity contribution < 1.29 is 9.59 Å². The van der Waals surface area contributed by atoms with Crippen molar-refractivity contribution in [3.8, 4) is 0 Å². The number of rotatable bonds is 3. The average Bonchev–Trinajstić information content (AvgIpc) is 2.91. The zero-order valence-electron chi connectivity index (χ0n) is 13.7. The van der Waals surface area contributed by atoms with Crippen LogP contribution < -0.4 is 0 Å². The van der Waals surface area contributed by atoms with Crippen molar-refractivity contribution in [2.75, 3.05) is 0 Å². The molecule has 0 unspecified atom stereocenters. The summed E-state index contributed by atoms with van der Waals surface area (Å²) in [4.78, 5) is 26.8. The number of hydrogen-bond acceptors (Lipinski definition) is 3. The number of hydrogen-bond donors (Lipinski definition) is 0. The zero-order valence-corrected chi connectivity index (χ0v) is 15.3. The molecule has 0 aromatic heterocycles. The SMILES string of the molecule is O=C1S/C(=C/c2ccc(Cl)cc2)C(=O)N1Cc1cccc2ccccc12. The molecule has 2 amide bonds. The van der Waals surface area contributed by atoms with Crippen LogP contribution in [0.1, 0.15) is 11.1 Å². The fourth-order valence-electron chi connectivity index (χ4n) is 2.95. The lowest BCUT2D eigenvalue weighted by molar-refractivity contribution is -0.123. The number of nitrogens with zero attached hydrogens (tertiary/aromatic N) is 1. The van der Waals surface area contributed by atoms with Crippen LogP contribution in [0.4, 0.5) is 4.79 Å². The van der Waals surface area contributed by atoms with Crippen LogP contribution in [0.25, 0.3) is 16.8 Å². The summed E-state index contributed by atoms with van der Waals surface area (Å²) in [5.74, 6) is -0.261. The van der Waals surface area contributed by atoms with E-state index in [1.54, 1.807) is 18.2 Å². The maximum absolute atomic E-state index is 12.7. The number of carbonyl (C=O) groups is 2. The molecule has 0 bridgehead atoms. The fraction of sp³-hybridized carbons (Fsp3) is 0.0476. The molecule has 3 aromatic carbocycles. The summed E-state index contributed by atoms with van der Waals surface area (Å²) in [5, 5.41) is 2.53. The number of halogens is 1. The van der Waals surface area contributed by atoms with Crippen LogP contribution in [0.2, 0.25) is 5.02 Å². The number of fused-ring (bicyclic) bond motifs is 1. The van der Waals surface area contributed by atoms with Gasteiger partial charge in [0.25, 0.3) is 11.1 Å². The third-order valence-electron chi connectivity index (χ3n) is 4.25. The smallest absolute Gasteiger partial charge is 0.268 e. The highest BCUT2D eigenvalue weighted by molar-refractivity contribution is 8.18. The van der Waals surface area contributed by atoms with E-state index in [9.17, 15) is 9.59 Å². The summed E-state index contributed by atoms with van der Waals surface area (Å²) >= 11 is 6.86. The number of amides is 2. The highest BCUT2D eigenvalue weighted by Crippen LogP contribution is 2.34. The molecule has 0 N–H and O–H groups in total. The van der Waals surface area contributed by atoms with Gasteiger partial charge in [-0.2, -0.15) is 0 Å². The molecule has 0 spiro atoms. The van der Waals surface area contributed by atoms with Crippen molar-refractivity contribution in [3.63, 3.8) is 0 Å². The lowest BCUT2D eigenvalue weighted by atomic mass is 10.0. The number of benzene rings is 3. The Balaban J connectivity index is 1.62. The second kappa shape index (κ2) is 6.98. The van der Waals surface area contributed by atoms with Crippen LogP contribution >= 0.6 is 23.4 Å². The van der Waals surface area contributed by atoms with Crippen molar-refractivity contribution in [3.05, 3.63) is 87.8 Å². The molecule has 0 aliphatic carbocycles. The van der Waals surface area contributed by atoms with Gasteiger partial charge in [0.2, 0.25) is 0 Å². The van der Waals surface area contributed by atoms with Gasteiger partial charge in [-0.15, -0.1) is 0 Å². The Hall–Kier alpha value is -2.56. The van der Waals surface area contributed by atoms with Crippen LogP contribution in [-0.2, 0) is 11.3 Å². The van der Waals surface area contributed by atoms with Crippen LogP contribution in [0.15, 0.2) is 71.6 Å². The third-order valence-corrected chi connectivity index (χ3v) is 5.41. The molecule has 1 fully saturated rings. The maximum Gasteiger partial charge on any atom is 0.293 e. The summed E-state index contributed by atoms with van der Waals surface area (Å²) in [5.41, 5.74) is 1.79. The van der Waals surface area contributed by atoms with Crippen LogP contribution in [-0.4, -0.2) is 16.0 Å². The van der Waals surface area contributed by atoms with E-state index in [4.69, 9.17) is 11.6 Å². The second-order valence-corrected chi connectivity index (χ2v) is 7.39. The van der Waals surface area contributed by atoms with Crippen molar-refractivity contribution in [1.82, 2.24) is 4.90 Å². The summed E-state index contributed by atoms with van der Waals surface area (Å²) < 4.78 is 0. The molecule has 5 heteroatoms. The largest absolute Gasteiger partial charge is 0.293 e. The Labute approximate surface area is 160 Å². The van der Waals surface area contributed by atoms with E-state index in [2.05, 4.69) is 0 Å². The maximum atomic E-state index is 12.7. The number of carbonyl (C=O) groups excluding carboxylic acids is 2. The Morgan fingerprint density at radius 3 is 2.46 bits per heavy atom. The van der Waals surface area contributed by atoms with Gasteiger partial charge in [-0.3, -0.25) is 14.5 Å². The molecule has 26 heavy (non-hydrogen) atoms. The minimum absolute atomic E-state index is 0.247. The first-order chi connectivity index (χ1) is 12.6. The molecule has 1 heterocycles. The standard InChI is InChI=1S/C21H14ClNO2S/c22-17-10-8-14(9-11-17)12-19-20(24)23(21(25)26-19)13-16-6-3-5-15-4-1-2-7-18(15)16/h1-12H,13H2/b19-12+. The predicted octanol–water partition coefficient (Wildman–Crippen LogP) is 5.73. The number of imide groups is 1. The summed E-state index contributed by atoms with van der Waals surface area (Å²) in [6, 6.07) is 21.0. The Morgan fingerprint density at radius 1 is 0.923 bits per heavy atom. The van der Waals surface area contributed by atoms with E-state index in [1.807, 2.05) is 54.6 Å². The lowest BCUT2D eigenvalue weighted by Crippen LogP contribution is -2.27. The van der Waals surface area contributed by atoms with E-state index < -0.39 is 0 Å². The van der Waals surface area contributed by atoms with Crippen molar-refractivity contribution in [2.45, 2.75) is 6.54 Å². The van der Waals surface area contributed by atoms with E-state index in [0.717, 1.165) is 33.7 Å². The molecule has 0 saturated carbocycles. The van der Waals surface area contributed by atoms with Crippen LogP contribution in [0.3, 0.4) is 0 Å². The molecule has 0 radical (unpaired) electrons. The van der Waals surface area contributed by atoms with Crippen molar-refractivity contribution in [1.29, 1.82) is 0 Å². The molecule has 3 aromatic rings. The van der Waals surface area contributed by atoms with E-state index in [1.165, 1.54) is 4.90 Å². The summed E-state index contributed by atoms with van der Waals surface area (Å²) in [7, 11) is 0. The molecular weight excluding hydrogens is 366 g/mol. The van der Waals surface area contributed by atoms with Crippen LogP contribution in [0, 0.1) is 0 Å². The first kappa shape index (κ1) is 16.9. The lowest BCUT2D eigenvalue weighted by Gasteiger charge is -2.14. The van der Waals surface area contributed by atoms with E-state index in [-0.39, 0.29) is 17.7 Å². The second-order valence-electron chi connectivity index (χ2n) is 5.96. The van der Waals surface area contributed by atoms with Gasteiger partial charge in [-0.1, -0.05) is 66.2 Å². The molecular formula is C21H14ClNO2S. The number of thioether (sulfide) groups is 1. The van der Waals surface area contributed by atoms with Crippen molar-refractivity contribution >= 4 is 51.4 Å². The minimum Gasteiger partial charge on any atom is -0.268 e. The average molecular weight is 380 g/mol. The highest BCUT2D eigenvalue weighted by atomic mass is 35.5. The molecule has 0 atom stereocenters. The Bertz CT molecular complexity index is 1040. The van der Waals surface area contributed by atoms with E-state index >= 15 is 0 Å². The van der Waals surface area contributed by atoms with Crippen molar-refractivity contribution in [2.24, 2.45) is 0 Å². The van der Waals surface area contributed by atoms with Gasteiger partial charge in [0.15, 0.2) is 0 Å². The molecule has 1 saturated heterocycles. The topological polar surface area (TPSA) is 37.4 Å². The van der Waals surface area contributed by atoms with Crippen LogP contribution in [0.5, 0.6) is 0 Å². The van der Waals surface area contributed by atoms with Gasteiger partial charge in [0.1, 0.15) is 0 Å². The van der Waals surface area contributed by atoms with Gasteiger partial charge >= 0.3 is 0 Å². The molecule has 1 aliphatic rings. The van der Waals surface area contributed by atoms with Gasteiger partial charge in [-0.05, 0) is 51.9 Å². The molecule has 1 aliphatic heterocycles. The summed E-state index contributed by atoms with van der Waals surface area (Å²) in [6.07, 6.45) is 1.73. The minimum atomic E-state index is -0.261. The molecule has 4 rings (SSSR count). The molecule has 3 nitrogen and oxygen atoms in total. The quantitative estimate of drug-likeness (QED) is 0.545. The van der Waals surface area contributed by atoms with E-state index in [0.29, 0.717) is 9.93 Å². The summed E-state index contributed by atoms with van der Waals surface area (Å²) in [6.45, 7) is 0.268. The van der Waals surface area contributed by atoms with Gasteiger partial charge in [-0.25, -0.2) is 0 Å². The normalized spacial score (nSPS) is 16.0. The predicted molar refractivity (Wildman–Crippen MR) is 107 cm³/mol. The fourth-order valence-corrected chi connectivity index (χ4v) is 3.91. The van der Waals surface area contributed by atoms with Gasteiger partial charge in [0.05, 0.1) is 11.4 Å². The first-order valence-electron chi connectivity index (χ1n) is 8.09. The molecule has 128 valence electrons.